The SMILES string of the molecule is CCC(NC1(CCC(C)C)C(=O)C(C2=NS(=O)(=O)c3cc(NS(C)(=O)=O)ccc3N2)=C(O)c2ccccc21)C(=O)O. The minimum Gasteiger partial charge on any atom is -0.506 e. The van der Waals surface area contributed by atoms with E-state index in [9.17, 15) is 36.6 Å². The van der Waals surface area contributed by atoms with Gasteiger partial charge in [-0.05, 0) is 48.9 Å². The van der Waals surface area contributed by atoms with Crippen LogP contribution in [0.4, 0.5) is 11.4 Å². The zero-order valence-corrected chi connectivity index (χ0v) is 24.6. The highest BCUT2D eigenvalue weighted by molar-refractivity contribution is 7.92. The number of benzene rings is 2. The van der Waals surface area contributed by atoms with E-state index in [1.54, 1.807) is 31.2 Å². The molecular weight excluding hydrogens is 572 g/mol. The molecule has 0 amide bonds. The van der Waals surface area contributed by atoms with Crippen molar-refractivity contribution in [3.05, 3.63) is 59.2 Å². The second kappa shape index (κ2) is 10.9. The van der Waals surface area contributed by atoms with Crippen LogP contribution in [0.15, 0.2) is 57.3 Å². The molecule has 2 atom stereocenters. The Kier molecular flexibility index (Phi) is 8.04. The highest BCUT2D eigenvalue weighted by Crippen LogP contribution is 2.43. The predicted molar refractivity (Wildman–Crippen MR) is 155 cm³/mol. The summed E-state index contributed by atoms with van der Waals surface area (Å²) >= 11 is 0. The second-order valence-corrected chi connectivity index (χ2v) is 13.8. The number of sulfonamides is 2. The number of aliphatic hydroxyl groups excluding tert-OH is 1. The second-order valence-electron chi connectivity index (χ2n) is 10.5. The molecule has 41 heavy (non-hydrogen) atoms. The standard InChI is InChI=1S/C27H32N4O8S2/c1-5-19(26(34)35)29-27(13-12-15(2)3)18-9-7-6-8-17(18)23(32)22(24(27)33)25-28-20-11-10-16(30-40(4,36)37)14-21(20)41(38,39)31-25/h6-11,14-15,19,29-30,32H,5,12-13H2,1-4H3,(H,28,31)(H,34,35). The van der Waals surface area contributed by atoms with E-state index in [0.29, 0.717) is 12.0 Å². The van der Waals surface area contributed by atoms with E-state index in [1.807, 2.05) is 13.8 Å². The molecule has 0 saturated carbocycles. The molecule has 1 aliphatic carbocycles. The maximum atomic E-state index is 14.5. The van der Waals surface area contributed by atoms with Crippen LogP contribution in [0.2, 0.25) is 0 Å². The number of carbonyl (C=O) groups excluding carboxylic acids is 1. The Balaban J connectivity index is 1.91. The summed E-state index contributed by atoms with van der Waals surface area (Å²) in [4.78, 5) is 26.2. The fourth-order valence-electron chi connectivity index (χ4n) is 5.01. The van der Waals surface area contributed by atoms with Gasteiger partial charge in [-0.2, -0.15) is 8.42 Å². The normalized spacial score (nSPS) is 20.5. The summed E-state index contributed by atoms with van der Waals surface area (Å²) in [5.74, 6) is -2.69. The monoisotopic (exact) mass is 604 g/mol. The minimum absolute atomic E-state index is 0.00353. The van der Waals surface area contributed by atoms with Crippen molar-refractivity contribution < 1.29 is 36.6 Å². The van der Waals surface area contributed by atoms with Crippen molar-refractivity contribution in [1.82, 2.24) is 5.32 Å². The zero-order chi connectivity index (χ0) is 30.3. The molecule has 2 aromatic carbocycles. The molecule has 2 aromatic rings. The van der Waals surface area contributed by atoms with E-state index in [4.69, 9.17) is 0 Å². The zero-order valence-electron chi connectivity index (χ0n) is 22.9. The average Bonchev–Trinajstić information content (AvgIpc) is 2.87. The smallest absolute Gasteiger partial charge is 0.320 e. The number of amidine groups is 1. The van der Waals surface area contributed by atoms with Gasteiger partial charge >= 0.3 is 5.97 Å². The van der Waals surface area contributed by atoms with E-state index >= 15 is 0 Å². The molecule has 2 aliphatic rings. The Morgan fingerprint density at radius 1 is 1.17 bits per heavy atom. The lowest BCUT2D eigenvalue weighted by atomic mass is 9.70. The van der Waals surface area contributed by atoms with Gasteiger partial charge in [-0.3, -0.25) is 19.6 Å². The summed E-state index contributed by atoms with van der Waals surface area (Å²) in [6.45, 7) is 5.58. The number of aliphatic carboxylic acids is 1. The predicted octanol–water partition coefficient (Wildman–Crippen LogP) is 3.21. The van der Waals surface area contributed by atoms with Gasteiger partial charge in [0.2, 0.25) is 10.0 Å². The average molecular weight is 605 g/mol. The van der Waals surface area contributed by atoms with Crippen LogP contribution in [0.3, 0.4) is 0 Å². The van der Waals surface area contributed by atoms with Gasteiger partial charge in [-0.15, -0.1) is 4.40 Å². The third kappa shape index (κ3) is 5.85. The van der Waals surface area contributed by atoms with Crippen molar-refractivity contribution >= 4 is 54.8 Å². The van der Waals surface area contributed by atoms with Gasteiger partial charge in [0.05, 0.1) is 11.9 Å². The topological polar surface area (TPSA) is 191 Å². The number of hydrogen-bond acceptors (Lipinski definition) is 9. The molecular formula is C27H32N4O8S2. The van der Waals surface area contributed by atoms with Gasteiger partial charge in [0.15, 0.2) is 11.6 Å². The van der Waals surface area contributed by atoms with Gasteiger partial charge in [0, 0.05) is 11.3 Å². The first kappa shape index (κ1) is 30.2. The number of nitrogens with one attached hydrogen (secondary N) is 3. The number of carbonyl (C=O) groups is 2. The molecule has 0 saturated heterocycles. The number of carboxylic acid groups (broad SMARTS) is 1. The molecule has 12 nitrogen and oxygen atoms in total. The number of anilines is 2. The Hall–Kier alpha value is -3.75. The van der Waals surface area contributed by atoms with Crippen LogP contribution in [0.25, 0.3) is 5.76 Å². The van der Waals surface area contributed by atoms with Gasteiger partial charge in [-0.1, -0.05) is 45.0 Å². The molecule has 14 heteroatoms. The number of fused-ring (bicyclic) bond motifs is 2. The third-order valence-corrected chi connectivity index (χ3v) is 8.90. The van der Waals surface area contributed by atoms with Crippen molar-refractivity contribution in [3.8, 4) is 0 Å². The largest absolute Gasteiger partial charge is 0.506 e. The van der Waals surface area contributed by atoms with Crippen LogP contribution in [0.5, 0.6) is 0 Å². The Morgan fingerprint density at radius 3 is 2.46 bits per heavy atom. The lowest BCUT2D eigenvalue weighted by Crippen LogP contribution is -2.58. The minimum atomic E-state index is -4.47. The molecule has 1 aliphatic heterocycles. The first-order chi connectivity index (χ1) is 19.1. The number of aliphatic hydroxyl groups is 1. The summed E-state index contributed by atoms with van der Waals surface area (Å²) < 4.78 is 55.8. The van der Waals surface area contributed by atoms with Crippen molar-refractivity contribution in [2.24, 2.45) is 10.3 Å². The van der Waals surface area contributed by atoms with Crippen LogP contribution in [-0.2, 0) is 35.2 Å². The molecule has 220 valence electrons. The number of nitrogens with zero attached hydrogens (tertiary/aromatic N) is 1. The van der Waals surface area contributed by atoms with Crippen molar-refractivity contribution in [2.45, 2.75) is 56.5 Å². The van der Waals surface area contributed by atoms with E-state index in [2.05, 4.69) is 19.8 Å². The van der Waals surface area contributed by atoms with Crippen molar-refractivity contribution in [3.63, 3.8) is 0 Å². The Labute approximate surface area is 238 Å². The number of Topliss-reactive ketones (excluding diaryl/α,β-unsaturated/α-hetero) is 1. The van der Waals surface area contributed by atoms with E-state index < -0.39 is 60.5 Å². The number of ketones is 1. The first-order valence-electron chi connectivity index (χ1n) is 12.9. The quantitative estimate of drug-likeness (QED) is 0.269. The highest BCUT2D eigenvalue weighted by Gasteiger charge is 2.51. The van der Waals surface area contributed by atoms with Gasteiger partial charge < -0.3 is 15.5 Å². The summed E-state index contributed by atoms with van der Waals surface area (Å²) in [6, 6.07) is 9.16. The lowest BCUT2D eigenvalue weighted by Gasteiger charge is -2.41. The Morgan fingerprint density at radius 2 is 1.85 bits per heavy atom. The van der Waals surface area contributed by atoms with Crippen molar-refractivity contribution in [1.29, 1.82) is 0 Å². The fourth-order valence-corrected chi connectivity index (χ4v) is 6.71. The molecule has 2 unspecified atom stereocenters. The van der Waals surface area contributed by atoms with Gasteiger partial charge in [-0.25, -0.2) is 8.42 Å². The van der Waals surface area contributed by atoms with Gasteiger partial charge in [0.25, 0.3) is 10.0 Å². The summed E-state index contributed by atoms with van der Waals surface area (Å²) in [7, 11) is -8.16. The van der Waals surface area contributed by atoms with E-state index in [1.165, 1.54) is 12.1 Å². The number of carboxylic acids is 1. The lowest BCUT2D eigenvalue weighted by molar-refractivity contribution is -0.140. The van der Waals surface area contributed by atoms with Crippen LogP contribution in [0.1, 0.15) is 51.2 Å². The molecule has 0 bridgehead atoms. The van der Waals surface area contributed by atoms with E-state index in [0.717, 1.165) is 12.3 Å². The molecule has 0 radical (unpaired) electrons. The molecule has 5 N–H and O–H groups in total. The third-order valence-electron chi connectivity index (χ3n) is 6.98. The van der Waals surface area contributed by atoms with Crippen LogP contribution in [-0.4, -0.2) is 56.9 Å². The molecule has 4 rings (SSSR count). The molecule has 0 spiro atoms. The molecule has 1 heterocycles. The first-order valence-corrected chi connectivity index (χ1v) is 16.3. The number of hydrogen-bond donors (Lipinski definition) is 5. The Bertz CT molecular complexity index is 1700. The summed E-state index contributed by atoms with van der Waals surface area (Å²) in [5, 5.41) is 27.1. The van der Waals surface area contributed by atoms with Crippen molar-refractivity contribution in [2.75, 3.05) is 16.3 Å². The fraction of sp³-hybridized carbons (Fsp3) is 0.370. The van der Waals surface area contributed by atoms with Gasteiger partial charge in [0.1, 0.15) is 27.8 Å². The highest BCUT2D eigenvalue weighted by atomic mass is 32.2. The molecule has 0 fully saturated rings. The van der Waals surface area contributed by atoms with Crippen LogP contribution >= 0.6 is 0 Å². The summed E-state index contributed by atoms with van der Waals surface area (Å²) in [5.41, 5.74) is -1.40. The number of rotatable bonds is 10. The summed E-state index contributed by atoms with van der Waals surface area (Å²) in [6.07, 6.45) is 1.75. The maximum Gasteiger partial charge on any atom is 0.320 e. The van der Waals surface area contributed by atoms with E-state index in [-0.39, 0.29) is 40.6 Å². The van der Waals surface area contributed by atoms with Crippen LogP contribution in [0, 0.1) is 5.92 Å². The van der Waals surface area contributed by atoms with Crippen LogP contribution < -0.4 is 15.4 Å². The molecule has 0 aromatic heterocycles. The maximum absolute atomic E-state index is 14.5.